The topological polar surface area (TPSA) is 26.3 Å². The number of thioether (sulfide) groups is 1. The Hall–Kier alpha value is -0.960. The molecule has 0 saturated heterocycles. The lowest BCUT2D eigenvalue weighted by molar-refractivity contribution is 0.101. The monoisotopic (exact) mass is 238 g/mol. The number of carbonyl (C=O) groups is 1. The van der Waals surface area contributed by atoms with Gasteiger partial charge in [-0.2, -0.15) is 11.8 Å². The number of carbonyl (C=O) groups excluding carboxylic acids is 1. The van der Waals surface area contributed by atoms with Crippen molar-refractivity contribution >= 4 is 17.5 Å². The third-order valence-corrected chi connectivity index (χ3v) is 3.33. The molecule has 0 amide bonds. The zero-order valence-electron chi connectivity index (χ0n) is 9.86. The molecular formula is C13H18O2S. The summed E-state index contributed by atoms with van der Waals surface area (Å²) in [6.07, 6.45) is 2.35. The Morgan fingerprint density at radius 3 is 2.81 bits per heavy atom. The van der Waals surface area contributed by atoms with Crippen molar-refractivity contribution in [2.75, 3.05) is 18.6 Å². The third kappa shape index (κ3) is 3.89. The predicted molar refractivity (Wildman–Crippen MR) is 69.6 cm³/mol. The lowest BCUT2D eigenvalue weighted by Crippen LogP contribution is -2.05. The van der Waals surface area contributed by atoms with Gasteiger partial charge in [0.2, 0.25) is 0 Å². The van der Waals surface area contributed by atoms with Crippen molar-refractivity contribution in [3.63, 3.8) is 0 Å². The van der Waals surface area contributed by atoms with E-state index in [0.717, 1.165) is 5.75 Å². The molecule has 0 aliphatic heterocycles. The largest absolute Gasteiger partial charge is 0.496 e. The summed E-state index contributed by atoms with van der Waals surface area (Å²) >= 11 is 1.69. The van der Waals surface area contributed by atoms with Gasteiger partial charge < -0.3 is 4.74 Å². The average molecular weight is 238 g/mol. The molecule has 16 heavy (non-hydrogen) atoms. The molecule has 0 saturated carbocycles. The van der Waals surface area contributed by atoms with Gasteiger partial charge in [0, 0.05) is 0 Å². The third-order valence-electron chi connectivity index (χ3n) is 2.28. The van der Waals surface area contributed by atoms with E-state index in [1.807, 2.05) is 24.3 Å². The van der Waals surface area contributed by atoms with Gasteiger partial charge in [-0.25, -0.2) is 0 Å². The first-order chi connectivity index (χ1) is 7.79. The molecule has 0 fully saturated rings. The second kappa shape index (κ2) is 7.34. The summed E-state index contributed by atoms with van der Waals surface area (Å²) in [5, 5.41) is 0. The molecule has 1 rings (SSSR count). The van der Waals surface area contributed by atoms with Gasteiger partial charge in [0.15, 0.2) is 5.78 Å². The van der Waals surface area contributed by atoms with Crippen LogP contribution in [0.25, 0.3) is 0 Å². The molecule has 0 N–H and O–H groups in total. The minimum atomic E-state index is 0.151. The minimum Gasteiger partial charge on any atom is -0.496 e. The van der Waals surface area contributed by atoms with E-state index in [1.165, 1.54) is 12.8 Å². The maximum atomic E-state index is 11.9. The standard InChI is InChI=1S/C13H18O2S/c1-3-4-9-16-10-12(14)11-7-5-6-8-13(11)15-2/h5-8H,3-4,9-10H2,1-2H3. The van der Waals surface area contributed by atoms with E-state index >= 15 is 0 Å². The van der Waals surface area contributed by atoms with Crippen LogP contribution in [0.4, 0.5) is 0 Å². The molecule has 0 aliphatic rings. The fourth-order valence-corrected chi connectivity index (χ4v) is 2.34. The van der Waals surface area contributed by atoms with Crippen molar-refractivity contribution in [2.45, 2.75) is 19.8 Å². The van der Waals surface area contributed by atoms with E-state index in [9.17, 15) is 4.79 Å². The molecule has 0 unspecified atom stereocenters. The molecule has 0 aliphatic carbocycles. The van der Waals surface area contributed by atoms with Crippen molar-refractivity contribution in [1.82, 2.24) is 0 Å². The van der Waals surface area contributed by atoms with Gasteiger partial charge in [0.1, 0.15) is 5.75 Å². The van der Waals surface area contributed by atoms with Crippen LogP contribution in [-0.2, 0) is 0 Å². The number of hydrogen-bond donors (Lipinski definition) is 0. The minimum absolute atomic E-state index is 0.151. The van der Waals surface area contributed by atoms with Gasteiger partial charge in [-0.3, -0.25) is 4.79 Å². The van der Waals surface area contributed by atoms with Crippen molar-refractivity contribution in [2.24, 2.45) is 0 Å². The van der Waals surface area contributed by atoms with Crippen LogP contribution in [-0.4, -0.2) is 24.4 Å². The summed E-state index contributed by atoms with van der Waals surface area (Å²) in [5.41, 5.74) is 0.689. The Morgan fingerprint density at radius 1 is 1.38 bits per heavy atom. The summed E-state index contributed by atoms with van der Waals surface area (Å²) in [5.74, 6) is 2.42. The second-order valence-corrected chi connectivity index (χ2v) is 4.63. The number of rotatable bonds is 7. The van der Waals surface area contributed by atoms with E-state index in [0.29, 0.717) is 17.1 Å². The van der Waals surface area contributed by atoms with Gasteiger partial charge in [-0.1, -0.05) is 25.5 Å². The molecule has 0 radical (unpaired) electrons. The van der Waals surface area contributed by atoms with Crippen LogP contribution in [0.2, 0.25) is 0 Å². The number of ketones is 1. The molecule has 2 nitrogen and oxygen atoms in total. The maximum Gasteiger partial charge on any atom is 0.176 e. The van der Waals surface area contributed by atoms with Crippen LogP contribution in [0, 0.1) is 0 Å². The lowest BCUT2D eigenvalue weighted by Gasteiger charge is -2.06. The predicted octanol–water partition coefficient (Wildman–Crippen LogP) is 3.41. The number of Topliss-reactive ketones (excluding diaryl/α,β-unsaturated/α-hetero) is 1. The summed E-state index contributed by atoms with van der Waals surface area (Å²) in [6, 6.07) is 7.39. The molecule has 0 aromatic heterocycles. The van der Waals surface area contributed by atoms with Gasteiger partial charge in [0.05, 0.1) is 18.4 Å². The van der Waals surface area contributed by atoms with Crippen LogP contribution < -0.4 is 4.74 Å². The Morgan fingerprint density at radius 2 is 2.12 bits per heavy atom. The van der Waals surface area contributed by atoms with E-state index in [4.69, 9.17) is 4.74 Å². The SMILES string of the molecule is CCCCSCC(=O)c1ccccc1OC. The summed E-state index contributed by atoms with van der Waals surface area (Å²) in [4.78, 5) is 11.9. The Balaban J connectivity index is 2.52. The number of benzene rings is 1. The van der Waals surface area contributed by atoms with Crippen molar-refractivity contribution in [3.8, 4) is 5.75 Å². The van der Waals surface area contributed by atoms with Gasteiger partial charge in [-0.05, 0) is 24.3 Å². The lowest BCUT2D eigenvalue weighted by atomic mass is 10.1. The number of para-hydroxylation sites is 1. The first kappa shape index (κ1) is 13.1. The molecule has 1 aromatic rings. The Bertz CT molecular complexity index is 336. The first-order valence-corrected chi connectivity index (χ1v) is 6.69. The molecule has 0 spiro atoms. The molecule has 0 bridgehead atoms. The van der Waals surface area contributed by atoms with Gasteiger partial charge in [0.25, 0.3) is 0 Å². The quantitative estimate of drug-likeness (QED) is 0.538. The number of methoxy groups -OCH3 is 1. The number of unbranched alkanes of at least 4 members (excludes halogenated alkanes) is 1. The Kier molecular flexibility index (Phi) is 6.01. The average Bonchev–Trinajstić information content (AvgIpc) is 2.34. The second-order valence-electron chi connectivity index (χ2n) is 3.53. The van der Waals surface area contributed by atoms with Gasteiger partial charge in [-0.15, -0.1) is 0 Å². The highest BCUT2D eigenvalue weighted by atomic mass is 32.2. The smallest absolute Gasteiger partial charge is 0.176 e. The van der Waals surface area contributed by atoms with Gasteiger partial charge >= 0.3 is 0 Å². The molecule has 0 atom stereocenters. The van der Waals surface area contributed by atoms with Crippen molar-refractivity contribution in [3.05, 3.63) is 29.8 Å². The molecule has 1 aromatic carbocycles. The summed E-state index contributed by atoms with van der Waals surface area (Å²) in [6.45, 7) is 2.16. The highest BCUT2D eigenvalue weighted by Gasteiger charge is 2.10. The van der Waals surface area contributed by atoms with E-state index in [1.54, 1.807) is 18.9 Å². The number of hydrogen-bond acceptors (Lipinski definition) is 3. The van der Waals surface area contributed by atoms with Crippen molar-refractivity contribution in [1.29, 1.82) is 0 Å². The summed E-state index contributed by atoms with van der Waals surface area (Å²) < 4.78 is 5.16. The van der Waals surface area contributed by atoms with Crippen LogP contribution in [0.3, 0.4) is 0 Å². The molecule has 3 heteroatoms. The van der Waals surface area contributed by atoms with E-state index in [2.05, 4.69) is 6.92 Å². The first-order valence-electron chi connectivity index (χ1n) is 5.53. The number of ether oxygens (including phenoxy) is 1. The highest BCUT2D eigenvalue weighted by Crippen LogP contribution is 2.19. The highest BCUT2D eigenvalue weighted by molar-refractivity contribution is 7.99. The summed E-state index contributed by atoms with van der Waals surface area (Å²) in [7, 11) is 1.59. The molecular weight excluding hydrogens is 220 g/mol. The fourth-order valence-electron chi connectivity index (χ4n) is 1.36. The normalized spacial score (nSPS) is 10.1. The van der Waals surface area contributed by atoms with Crippen LogP contribution in [0.5, 0.6) is 5.75 Å². The maximum absolute atomic E-state index is 11.9. The van der Waals surface area contributed by atoms with E-state index < -0.39 is 0 Å². The van der Waals surface area contributed by atoms with Crippen LogP contribution in [0.15, 0.2) is 24.3 Å². The Labute approximate surface area is 101 Å². The zero-order valence-corrected chi connectivity index (χ0v) is 10.7. The fraction of sp³-hybridized carbons (Fsp3) is 0.462. The van der Waals surface area contributed by atoms with E-state index in [-0.39, 0.29) is 5.78 Å². The molecule has 88 valence electrons. The van der Waals surface area contributed by atoms with Crippen LogP contribution >= 0.6 is 11.8 Å². The molecule has 0 heterocycles. The van der Waals surface area contributed by atoms with Crippen LogP contribution in [0.1, 0.15) is 30.1 Å². The zero-order chi connectivity index (χ0) is 11.8. The van der Waals surface area contributed by atoms with Crippen molar-refractivity contribution < 1.29 is 9.53 Å².